The first kappa shape index (κ1) is 12.1. The van der Waals surface area contributed by atoms with Gasteiger partial charge in [0.1, 0.15) is 17.9 Å². The molecule has 0 N–H and O–H groups in total. The van der Waals surface area contributed by atoms with Crippen LogP contribution in [0.2, 0.25) is 5.02 Å². The highest BCUT2D eigenvalue weighted by atomic mass is 35.5. The Morgan fingerprint density at radius 2 is 2.07 bits per heavy atom. The van der Waals surface area contributed by atoms with Crippen molar-refractivity contribution in [3.05, 3.63) is 33.9 Å². The zero-order valence-corrected chi connectivity index (χ0v) is 9.24. The number of hydrogen-bond donors (Lipinski definition) is 0. The van der Waals surface area contributed by atoms with Crippen LogP contribution in [0.15, 0.2) is 6.07 Å². The average molecular weight is 233 g/mol. The van der Waals surface area contributed by atoms with Crippen LogP contribution in [0.4, 0.5) is 8.78 Å². The normalized spacial score (nSPS) is 12.6. The van der Waals surface area contributed by atoms with E-state index in [-0.39, 0.29) is 22.6 Å². The minimum absolute atomic E-state index is 0.0770. The van der Waals surface area contributed by atoms with Gasteiger partial charge in [0.05, 0.1) is 5.02 Å². The molecule has 1 aromatic rings. The lowest BCUT2D eigenvalue weighted by molar-refractivity contribution is -0.108. The molecule has 1 unspecified atom stereocenters. The predicted octanol–water partition coefficient (Wildman–Crippen LogP) is 3.62. The van der Waals surface area contributed by atoms with Crippen LogP contribution in [0.25, 0.3) is 0 Å². The first-order valence-electron chi connectivity index (χ1n) is 4.56. The molecule has 0 heterocycles. The molecule has 1 nitrogen and oxygen atoms in total. The maximum atomic E-state index is 13.6. The largest absolute Gasteiger partial charge is 0.303 e. The highest BCUT2D eigenvalue weighted by Gasteiger charge is 2.20. The summed E-state index contributed by atoms with van der Waals surface area (Å²) in [5, 5.41) is -0.110. The lowest BCUT2D eigenvalue weighted by Crippen LogP contribution is -2.04. The van der Waals surface area contributed by atoms with Crippen LogP contribution in [0.1, 0.15) is 30.4 Å². The molecule has 0 bridgehead atoms. The van der Waals surface area contributed by atoms with Crippen molar-refractivity contribution in [2.45, 2.75) is 26.2 Å². The topological polar surface area (TPSA) is 17.1 Å². The average Bonchev–Trinajstić information content (AvgIpc) is 2.16. The Labute approximate surface area is 92.1 Å². The van der Waals surface area contributed by atoms with Crippen molar-refractivity contribution in [1.82, 2.24) is 0 Å². The maximum absolute atomic E-state index is 13.6. The van der Waals surface area contributed by atoms with E-state index < -0.39 is 17.6 Å². The number of rotatable bonds is 3. The van der Waals surface area contributed by atoms with Gasteiger partial charge in [-0.25, -0.2) is 8.78 Å². The van der Waals surface area contributed by atoms with Crippen LogP contribution in [-0.4, -0.2) is 6.29 Å². The van der Waals surface area contributed by atoms with Crippen LogP contribution in [0.3, 0.4) is 0 Å². The van der Waals surface area contributed by atoms with E-state index in [1.807, 2.05) is 0 Å². The number of aldehydes is 1. The molecule has 0 aromatic heterocycles. The van der Waals surface area contributed by atoms with Crippen LogP contribution < -0.4 is 0 Å². The van der Waals surface area contributed by atoms with E-state index in [1.54, 1.807) is 6.92 Å². The van der Waals surface area contributed by atoms with Gasteiger partial charge in [-0.2, -0.15) is 0 Å². The highest BCUT2D eigenvalue weighted by molar-refractivity contribution is 6.30. The smallest absolute Gasteiger partial charge is 0.148 e. The van der Waals surface area contributed by atoms with Crippen LogP contribution in [0, 0.1) is 18.6 Å². The molecule has 0 aliphatic heterocycles. The molecular formula is C11H11ClF2O. The molecule has 1 rings (SSSR count). The molecule has 0 aliphatic carbocycles. The molecule has 0 fully saturated rings. The van der Waals surface area contributed by atoms with E-state index in [2.05, 4.69) is 0 Å². The Balaban J connectivity index is 3.31. The Morgan fingerprint density at radius 1 is 1.47 bits per heavy atom. The number of carbonyl (C=O) groups excluding carboxylic acids is 1. The summed E-state index contributed by atoms with van der Waals surface area (Å²) in [7, 11) is 0. The standard InChI is InChI=1S/C11H11ClF2O/c1-6(3-4-15)9-10(13)7(2)5-8(12)11(9)14/h4-6H,3H2,1-2H3. The second kappa shape index (κ2) is 4.71. The number of hydrogen-bond acceptors (Lipinski definition) is 1. The zero-order valence-electron chi connectivity index (χ0n) is 8.48. The van der Waals surface area contributed by atoms with Gasteiger partial charge in [0.25, 0.3) is 0 Å². The lowest BCUT2D eigenvalue weighted by Gasteiger charge is -2.13. The lowest BCUT2D eigenvalue weighted by atomic mass is 9.95. The van der Waals surface area contributed by atoms with E-state index in [9.17, 15) is 13.6 Å². The number of halogens is 3. The van der Waals surface area contributed by atoms with Gasteiger partial charge in [-0.15, -0.1) is 0 Å². The zero-order chi connectivity index (χ0) is 11.6. The van der Waals surface area contributed by atoms with E-state index >= 15 is 0 Å². The molecule has 0 radical (unpaired) electrons. The molecule has 0 spiro atoms. The Kier molecular flexibility index (Phi) is 3.80. The van der Waals surface area contributed by atoms with Crippen LogP contribution in [-0.2, 0) is 4.79 Å². The quantitative estimate of drug-likeness (QED) is 0.575. The molecule has 0 amide bonds. The number of carbonyl (C=O) groups is 1. The summed E-state index contributed by atoms with van der Waals surface area (Å²) >= 11 is 5.61. The minimum atomic E-state index is -0.769. The third kappa shape index (κ3) is 2.34. The molecule has 1 aromatic carbocycles. The van der Waals surface area contributed by atoms with Crippen LogP contribution >= 0.6 is 11.6 Å². The van der Waals surface area contributed by atoms with Gasteiger partial charge >= 0.3 is 0 Å². The first-order valence-corrected chi connectivity index (χ1v) is 4.94. The van der Waals surface area contributed by atoms with Crippen molar-refractivity contribution in [2.24, 2.45) is 0 Å². The summed E-state index contributed by atoms with van der Waals surface area (Å²) in [6, 6.07) is 1.24. The Morgan fingerprint density at radius 3 is 2.60 bits per heavy atom. The van der Waals surface area contributed by atoms with Gasteiger partial charge in [0, 0.05) is 12.0 Å². The fourth-order valence-electron chi connectivity index (χ4n) is 1.45. The van der Waals surface area contributed by atoms with Crippen molar-refractivity contribution in [2.75, 3.05) is 0 Å². The molecule has 0 saturated heterocycles. The number of aryl methyl sites for hydroxylation is 1. The summed E-state index contributed by atoms with van der Waals surface area (Å²) in [4.78, 5) is 10.3. The second-order valence-corrected chi connectivity index (χ2v) is 3.93. The molecule has 0 aliphatic rings. The predicted molar refractivity (Wildman–Crippen MR) is 55.2 cm³/mol. The van der Waals surface area contributed by atoms with Crippen molar-refractivity contribution >= 4 is 17.9 Å². The summed E-state index contributed by atoms with van der Waals surface area (Å²) in [5.74, 6) is -1.89. The van der Waals surface area contributed by atoms with Gasteiger partial charge in [0.2, 0.25) is 0 Å². The van der Waals surface area contributed by atoms with Crippen molar-refractivity contribution in [3.63, 3.8) is 0 Å². The molecule has 0 saturated carbocycles. The molecule has 15 heavy (non-hydrogen) atoms. The number of benzene rings is 1. The summed E-state index contributed by atoms with van der Waals surface area (Å²) in [6.45, 7) is 3.10. The first-order chi connectivity index (χ1) is 6.99. The fourth-order valence-corrected chi connectivity index (χ4v) is 1.71. The van der Waals surface area contributed by atoms with E-state index in [4.69, 9.17) is 11.6 Å². The third-order valence-electron chi connectivity index (χ3n) is 2.31. The fraction of sp³-hybridized carbons (Fsp3) is 0.364. The summed E-state index contributed by atoms with van der Waals surface area (Å²) < 4.78 is 27.1. The van der Waals surface area contributed by atoms with E-state index in [1.165, 1.54) is 13.0 Å². The van der Waals surface area contributed by atoms with Gasteiger partial charge in [-0.3, -0.25) is 0 Å². The Hall–Kier alpha value is -0.960. The summed E-state index contributed by atoms with van der Waals surface area (Å²) in [5.41, 5.74) is 0.182. The van der Waals surface area contributed by atoms with Gasteiger partial charge in [0.15, 0.2) is 0 Å². The Bertz CT molecular complexity index is 364. The monoisotopic (exact) mass is 232 g/mol. The van der Waals surface area contributed by atoms with Gasteiger partial charge in [-0.05, 0) is 24.5 Å². The van der Waals surface area contributed by atoms with Gasteiger partial charge in [-0.1, -0.05) is 18.5 Å². The molecule has 1 atom stereocenters. The second-order valence-electron chi connectivity index (χ2n) is 3.52. The van der Waals surface area contributed by atoms with Crippen LogP contribution in [0.5, 0.6) is 0 Å². The molecule has 82 valence electrons. The maximum Gasteiger partial charge on any atom is 0.148 e. The molecule has 4 heteroatoms. The van der Waals surface area contributed by atoms with Crippen molar-refractivity contribution in [3.8, 4) is 0 Å². The highest BCUT2D eigenvalue weighted by Crippen LogP contribution is 2.30. The SMILES string of the molecule is Cc1cc(Cl)c(F)c(C(C)CC=O)c1F. The van der Waals surface area contributed by atoms with Gasteiger partial charge < -0.3 is 4.79 Å². The third-order valence-corrected chi connectivity index (χ3v) is 2.59. The minimum Gasteiger partial charge on any atom is -0.303 e. The van der Waals surface area contributed by atoms with E-state index in [0.717, 1.165) is 0 Å². The molecular weight excluding hydrogens is 222 g/mol. The van der Waals surface area contributed by atoms with E-state index in [0.29, 0.717) is 6.29 Å². The van der Waals surface area contributed by atoms with Crippen molar-refractivity contribution in [1.29, 1.82) is 0 Å². The van der Waals surface area contributed by atoms with Crippen molar-refractivity contribution < 1.29 is 13.6 Å². The summed E-state index contributed by atoms with van der Waals surface area (Å²) in [6.07, 6.45) is 0.716.